The molecule has 0 aliphatic carbocycles. The van der Waals surface area contributed by atoms with Crippen molar-refractivity contribution in [2.24, 2.45) is 0 Å². The van der Waals surface area contributed by atoms with Crippen LogP contribution in [0.1, 0.15) is 17.5 Å². The molecule has 0 saturated carbocycles. The minimum absolute atomic E-state index is 0.137. The zero-order valence-corrected chi connectivity index (χ0v) is 19.8. The molecule has 192 valence electrons. The van der Waals surface area contributed by atoms with Crippen molar-refractivity contribution in [2.75, 3.05) is 12.4 Å². The molecule has 0 spiro atoms. The van der Waals surface area contributed by atoms with Crippen LogP contribution in [0.2, 0.25) is 0 Å². The Hall–Kier alpha value is -4.11. The number of anilines is 1. The third kappa shape index (κ3) is 4.82. The normalized spacial score (nSPS) is 21.3. The Balaban J connectivity index is 1.56. The molecule has 0 radical (unpaired) electrons. The molecule has 5 N–H and O–H groups in total. The molecular formula is C23H24FN9O4. The van der Waals surface area contributed by atoms with Gasteiger partial charge in [-0.05, 0) is 30.7 Å². The minimum atomic E-state index is -1.51. The molecule has 1 fully saturated rings. The molecule has 1 aliphatic rings. The summed E-state index contributed by atoms with van der Waals surface area (Å²) in [7, 11) is 1.48. The molecule has 13 nitrogen and oxygen atoms in total. The number of hydrazine groups is 1. The molecule has 0 unspecified atom stereocenters. The lowest BCUT2D eigenvalue weighted by molar-refractivity contribution is -0.138. The average Bonchev–Trinajstić information content (AvgIpc) is 3.43. The fourth-order valence-corrected chi connectivity index (χ4v) is 4.06. The first-order valence-electron chi connectivity index (χ1n) is 11.3. The van der Waals surface area contributed by atoms with Crippen molar-refractivity contribution in [1.82, 2.24) is 40.3 Å². The average molecular weight is 510 g/mol. The zero-order chi connectivity index (χ0) is 26.1. The van der Waals surface area contributed by atoms with Crippen LogP contribution in [0.4, 0.5) is 10.2 Å². The number of aromatic nitrogens is 6. The fraction of sp³-hybridized carbons (Fsp3) is 0.304. The summed E-state index contributed by atoms with van der Waals surface area (Å²) in [6.45, 7) is 2.27. The highest BCUT2D eigenvalue weighted by atomic mass is 19.1. The number of hydrogen-bond donors (Lipinski definition) is 5. The summed E-state index contributed by atoms with van der Waals surface area (Å²) in [6, 6.07) is 5.04. The van der Waals surface area contributed by atoms with Crippen molar-refractivity contribution >= 4 is 22.9 Å². The monoisotopic (exact) mass is 509 g/mol. The van der Waals surface area contributed by atoms with E-state index in [9.17, 15) is 19.4 Å². The van der Waals surface area contributed by atoms with Crippen LogP contribution in [0.3, 0.4) is 0 Å². The SMILES string of the molecule is CNNC(=O)[C@H]1O[C@@H](n2cnc3c(NCc4cc(C)ccn4)nc(-c4cncc(F)c4)nc32)[C@H](O)[C@@H]1O. The van der Waals surface area contributed by atoms with Gasteiger partial charge < -0.3 is 20.3 Å². The van der Waals surface area contributed by atoms with Crippen LogP contribution in [0.15, 0.2) is 43.1 Å². The first-order chi connectivity index (χ1) is 17.9. The minimum Gasteiger partial charge on any atom is -0.387 e. The Morgan fingerprint density at radius 2 is 2.03 bits per heavy atom. The van der Waals surface area contributed by atoms with Gasteiger partial charge in [0.25, 0.3) is 5.91 Å². The Morgan fingerprint density at radius 3 is 2.78 bits per heavy atom. The van der Waals surface area contributed by atoms with E-state index < -0.39 is 36.3 Å². The fourth-order valence-electron chi connectivity index (χ4n) is 4.06. The first kappa shape index (κ1) is 24.6. The maximum atomic E-state index is 13.9. The number of aliphatic hydroxyl groups excluding tert-OH is 2. The molecule has 1 saturated heterocycles. The van der Waals surface area contributed by atoms with E-state index in [1.165, 1.54) is 30.2 Å². The first-order valence-corrected chi connectivity index (χ1v) is 11.3. The van der Waals surface area contributed by atoms with E-state index in [4.69, 9.17) is 4.74 Å². The summed E-state index contributed by atoms with van der Waals surface area (Å²) < 4.78 is 21.0. The van der Waals surface area contributed by atoms with E-state index in [1.54, 1.807) is 6.20 Å². The number of rotatable bonds is 7. The summed E-state index contributed by atoms with van der Waals surface area (Å²) in [5.41, 5.74) is 7.46. The van der Waals surface area contributed by atoms with E-state index in [1.807, 2.05) is 19.1 Å². The number of nitrogens with zero attached hydrogens (tertiary/aromatic N) is 6. The lowest BCUT2D eigenvalue weighted by Crippen LogP contribution is -2.46. The van der Waals surface area contributed by atoms with Crippen molar-refractivity contribution in [2.45, 2.75) is 38.0 Å². The summed E-state index contributed by atoms with van der Waals surface area (Å²) in [5.74, 6) is -0.762. The highest BCUT2D eigenvalue weighted by Crippen LogP contribution is 2.33. The number of nitrogens with one attached hydrogen (secondary N) is 3. The third-order valence-corrected chi connectivity index (χ3v) is 5.81. The van der Waals surface area contributed by atoms with Gasteiger partial charge >= 0.3 is 0 Å². The molecular weight excluding hydrogens is 485 g/mol. The Labute approximate surface area is 209 Å². The van der Waals surface area contributed by atoms with Gasteiger partial charge in [0.2, 0.25) is 0 Å². The number of aliphatic hydroxyl groups is 2. The highest BCUT2D eigenvalue weighted by Gasteiger charge is 2.47. The predicted molar refractivity (Wildman–Crippen MR) is 128 cm³/mol. The number of hydrogen-bond acceptors (Lipinski definition) is 11. The van der Waals surface area contributed by atoms with E-state index in [-0.39, 0.29) is 11.5 Å². The topological polar surface area (TPSA) is 172 Å². The summed E-state index contributed by atoms with van der Waals surface area (Å²) in [4.78, 5) is 33.9. The number of aryl methyl sites for hydroxylation is 1. The Morgan fingerprint density at radius 1 is 1.19 bits per heavy atom. The second-order valence-electron chi connectivity index (χ2n) is 8.46. The Bertz CT molecular complexity index is 1450. The summed E-state index contributed by atoms with van der Waals surface area (Å²) >= 11 is 0. The van der Waals surface area contributed by atoms with Gasteiger partial charge in [-0.15, -0.1) is 0 Å². The van der Waals surface area contributed by atoms with Crippen molar-refractivity contribution in [1.29, 1.82) is 0 Å². The molecule has 0 aromatic carbocycles. The van der Waals surface area contributed by atoms with Crippen molar-refractivity contribution in [3.8, 4) is 11.4 Å². The van der Waals surface area contributed by atoms with Crippen LogP contribution < -0.4 is 16.2 Å². The van der Waals surface area contributed by atoms with E-state index in [0.29, 0.717) is 23.4 Å². The largest absolute Gasteiger partial charge is 0.387 e. The number of carbonyl (C=O) groups excluding carboxylic acids is 1. The van der Waals surface area contributed by atoms with Gasteiger partial charge in [0.1, 0.15) is 18.0 Å². The molecule has 14 heteroatoms. The van der Waals surface area contributed by atoms with E-state index in [2.05, 4.69) is 41.1 Å². The van der Waals surface area contributed by atoms with Gasteiger partial charge in [-0.3, -0.25) is 24.8 Å². The van der Waals surface area contributed by atoms with Crippen LogP contribution in [0.5, 0.6) is 0 Å². The van der Waals surface area contributed by atoms with E-state index in [0.717, 1.165) is 17.5 Å². The van der Waals surface area contributed by atoms with Gasteiger partial charge in [-0.25, -0.2) is 24.8 Å². The molecule has 4 atom stereocenters. The highest BCUT2D eigenvalue weighted by molar-refractivity contribution is 5.85. The quantitative estimate of drug-likeness (QED) is 0.216. The van der Waals surface area contributed by atoms with Crippen LogP contribution in [0.25, 0.3) is 22.6 Å². The lowest BCUT2D eigenvalue weighted by Gasteiger charge is -2.17. The van der Waals surface area contributed by atoms with Crippen LogP contribution in [-0.2, 0) is 16.1 Å². The standard InChI is InChI=1S/C23H24FN9O4/c1-11-3-4-27-14(5-11)9-28-20-15-21(31-19(30-20)12-6-13(24)8-26-7-12)33(10-29-15)23-17(35)16(34)18(37-23)22(36)32-25-2/h3-8,10,16-18,23,25,34-35H,9H2,1-2H3,(H,32,36)(H,28,30,31)/t16-,17+,18-,23+/m0/s1. The molecule has 4 aromatic rings. The number of fused-ring (bicyclic) bond motifs is 1. The molecule has 5 rings (SSSR count). The number of halogens is 1. The molecule has 1 amide bonds. The van der Waals surface area contributed by atoms with Crippen LogP contribution in [-0.4, -0.2) is 71.0 Å². The smallest absolute Gasteiger partial charge is 0.266 e. The number of pyridine rings is 2. The third-order valence-electron chi connectivity index (χ3n) is 5.81. The van der Waals surface area contributed by atoms with Gasteiger partial charge in [0.05, 0.1) is 24.8 Å². The zero-order valence-electron chi connectivity index (χ0n) is 19.8. The van der Waals surface area contributed by atoms with Gasteiger partial charge in [-0.2, -0.15) is 0 Å². The number of amides is 1. The predicted octanol–water partition coefficient (Wildman–Crippen LogP) is 0.213. The Kier molecular flexibility index (Phi) is 6.71. The lowest BCUT2D eigenvalue weighted by atomic mass is 10.1. The van der Waals surface area contributed by atoms with Crippen LogP contribution >= 0.6 is 0 Å². The maximum Gasteiger partial charge on any atom is 0.266 e. The molecule has 5 heterocycles. The van der Waals surface area contributed by atoms with E-state index >= 15 is 0 Å². The van der Waals surface area contributed by atoms with Crippen molar-refractivity contribution < 1.29 is 24.1 Å². The second-order valence-corrected chi connectivity index (χ2v) is 8.46. The summed E-state index contributed by atoms with van der Waals surface area (Å²) in [5, 5.41) is 24.3. The van der Waals surface area contributed by atoms with Gasteiger partial charge in [-0.1, -0.05) is 0 Å². The molecule has 37 heavy (non-hydrogen) atoms. The number of imidazole rings is 1. The summed E-state index contributed by atoms with van der Waals surface area (Å²) in [6.07, 6.45) is 0.0416. The molecule has 4 aromatic heterocycles. The maximum absolute atomic E-state index is 13.9. The number of carbonyl (C=O) groups is 1. The second kappa shape index (κ2) is 10.1. The van der Waals surface area contributed by atoms with Crippen molar-refractivity contribution in [3.05, 3.63) is 60.2 Å². The molecule has 0 bridgehead atoms. The van der Waals surface area contributed by atoms with Crippen molar-refractivity contribution in [3.63, 3.8) is 0 Å². The van der Waals surface area contributed by atoms with Gasteiger partial charge in [0, 0.05) is 25.0 Å². The van der Waals surface area contributed by atoms with Gasteiger partial charge in [0.15, 0.2) is 35.1 Å². The van der Waals surface area contributed by atoms with Crippen LogP contribution in [0, 0.1) is 12.7 Å². The number of ether oxygens (including phenoxy) is 1. The molecule has 1 aliphatic heterocycles.